The van der Waals surface area contributed by atoms with E-state index < -0.39 is 0 Å². The molecular weight excluding hydrogens is 280 g/mol. The van der Waals surface area contributed by atoms with Crippen molar-refractivity contribution in [3.8, 4) is 5.75 Å². The summed E-state index contributed by atoms with van der Waals surface area (Å²) >= 11 is 1.67. The van der Waals surface area contributed by atoms with Gasteiger partial charge in [-0.05, 0) is 29.4 Å². The highest BCUT2D eigenvalue weighted by Crippen LogP contribution is 2.21. The molecule has 0 spiro atoms. The number of rotatable bonds is 6. The molecule has 0 radical (unpaired) electrons. The average molecular weight is 298 g/mol. The molecular formula is C17H18N2OS. The zero-order chi connectivity index (χ0) is 14.5. The quantitative estimate of drug-likeness (QED) is 0.747. The molecule has 0 amide bonds. The molecule has 0 saturated heterocycles. The lowest BCUT2D eigenvalue weighted by Gasteiger charge is -2.05. The van der Waals surface area contributed by atoms with Gasteiger partial charge in [0, 0.05) is 11.9 Å². The van der Waals surface area contributed by atoms with Crippen molar-refractivity contribution in [1.82, 2.24) is 10.3 Å². The number of hydrogen-bond donors (Lipinski definition) is 1. The second-order valence-electron chi connectivity index (χ2n) is 4.81. The van der Waals surface area contributed by atoms with Crippen molar-refractivity contribution in [3.63, 3.8) is 0 Å². The molecule has 21 heavy (non-hydrogen) atoms. The first-order chi connectivity index (χ1) is 10.3. The van der Waals surface area contributed by atoms with Crippen molar-refractivity contribution < 1.29 is 4.74 Å². The summed E-state index contributed by atoms with van der Waals surface area (Å²) in [6.07, 6.45) is 0. The summed E-state index contributed by atoms with van der Waals surface area (Å²) in [5.74, 6) is 0.884. The Bertz CT molecular complexity index is 723. The van der Waals surface area contributed by atoms with E-state index in [2.05, 4.69) is 46.9 Å². The largest absolute Gasteiger partial charge is 0.487 e. The molecule has 1 N–H and O–H groups in total. The van der Waals surface area contributed by atoms with Crippen LogP contribution in [-0.2, 0) is 13.2 Å². The predicted octanol–water partition coefficient (Wildman–Crippen LogP) is 3.98. The molecule has 0 aliphatic heterocycles. The fraction of sp³-hybridized carbons (Fsp3) is 0.235. The summed E-state index contributed by atoms with van der Waals surface area (Å²) in [5.41, 5.74) is 0.987. The third kappa shape index (κ3) is 3.60. The molecule has 108 valence electrons. The molecule has 0 atom stereocenters. The van der Waals surface area contributed by atoms with Gasteiger partial charge in [0.1, 0.15) is 17.4 Å². The number of thiazole rings is 1. The van der Waals surface area contributed by atoms with Crippen LogP contribution in [0.25, 0.3) is 10.8 Å². The third-order valence-electron chi connectivity index (χ3n) is 3.23. The first kappa shape index (κ1) is 14.0. The summed E-state index contributed by atoms with van der Waals surface area (Å²) in [5, 5.41) is 8.87. The average Bonchev–Trinajstić information content (AvgIpc) is 2.98. The number of aromatic nitrogens is 1. The fourth-order valence-corrected chi connectivity index (χ4v) is 2.89. The number of ether oxygens (including phenoxy) is 1. The number of benzene rings is 2. The fourth-order valence-electron chi connectivity index (χ4n) is 2.14. The zero-order valence-corrected chi connectivity index (χ0v) is 12.8. The molecule has 1 heterocycles. The molecule has 3 rings (SSSR count). The van der Waals surface area contributed by atoms with Crippen molar-refractivity contribution in [2.75, 3.05) is 6.54 Å². The van der Waals surface area contributed by atoms with Crippen molar-refractivity contribution >= 4 is 22.1 Å². The molecule has 4 heteroatoms. The van der Waals surface area contributed by atoms with Crippen LogP contribution in [0.5, 0.6) is 5.75 Å². The third-order valence-corrected chi connectivity index (χ3v) is 4.13. The van der Waals surface area contributed by atoms with Gasteiger partial charge in [-0.2, -0.15) is 0 Å². The van der Waals surface area contributed by atoms with Gasteiger partial charge >= 0.3 is 0 Å². The zero-order valence-electron chi connectivity index (χ0n) is 12.0. The Labute approximate surface area is 128 Å². The van der Waals surface area contributed by atoms with Crippen molar-refractivity contribution in [1.29, 1.82) is 0 Å². The highest BCUT2D eigenvalue weighted by Gasteiger charge is 2.03. The Morgan fingerprint density at radius 3 is 2.86 bits per heavy atom. The number of nitrogens with one attached hydrogen (secondary N) is 1. The molecule has 3 aromatic rings. The van der Waals surface area contributed by atoms with Crippen LogP contribution < -0.4 is 10.1 Å². The van der Waals surface area contributed by atoms with E-state index in [1.54, 1.807) is 11.3 Å². The van der Waals surface area contributed by atoms with Gasteiger partial charge in [-0.15, -0.1) is 11.3 Å². The Morgan fingerprint density at radius 1 is 1.14 bits per heavy atom. The van der Waals surface area contributed by atoms with Gasteiger partial charge in [-0.25, -0.2) is 4.98 Å². The minimum atomic E-state index is 0.515. The Morgan fingerprint density at radius 2 is 2.00 bits per heavy atom. The van der Waals surface area contributed by atoms with Crippen molar-refractivity contribution in [2.24, 2.45) is 0 Å². The lowest BCUT2D eigenvalue weighted by atomic mass is 10.1. The Hall–Kier alpha value is -1.91. The number of hydrogen-bond acceptors (Lipinski definition) is 4. The molecule has 2 aromatic carbocycles. The van der Waals surface area contributed by atoms with Crippen LogP contribution in [0.1, 0.15) is 17.6 Å². The van der Waals surface area contributed by atoms with Crippen LogP contribution in [0.4, 0.5) is 0 Å². The predicted molar refractivity (Wildman–Crippen MR) is 87.8 cm³/mol. The maximum absolute atomic E-state index is 5.84. The van der Waals surface area contributed by atoms with Crippen molar-refractivity contribution in [3.05, 3.63) is 58.5 Å². The van der Waals surface area contributed by atoms with Crippen LogP contribution >= 0.6 is 11.3 Å². The van der Waals surface area contributed by atoms with Gasteiger partial charge in [0.25, 0.3) is 0 Å². The SMILES string of the molecule is CCNCc1nc(COc2ccc3ccccc3c2)cs1. The van der Waals surface area contributed by atoms with Crippen LogP contribution in [0, 0.1) is 0 Å². The van der Waals surface area contributed by atoms with E-state index >= 15 is 0 Å². The second-order valence-corrected chi connectivity index (χ2v) is 5.75. The maximum Gasteiger partial charge on any atom is 0.131 e. The van der Waals surface area contributed by atoms with Crippen LogP contribution in [0.3, 0.4) is 0 Å². The van der Waals surface area contributed by atoms with Crippen molar-refractivity contribution in [2.45, 2.75) is 20.1 Å². The van der Waals surface area contributed by atoms with Gasteiger partial charge in [-0.1, -0.05) is 37.3 Å². The standard InChI is InChI=1S/C17H18N2OS/c1-2-18-10-17-19-15(12-21-17)11-20-16-8-7-13-5-3-4-6-14(13)9-16/h3-9,12,18H,2,10-11H2,1H3. The number of nitrogens with zero attached hydrogens (tertiary/aromatic N) is 1. The summed E-state index contributed by atoms with van der Waals surface area (Å²) in [7, 11) is 0. The first-order valence-corrected chi connectivity index (χ1v) is 7.98. The lowest BCUT2D eigenvalue weighted by molar-refractivity contribution is 0.302. The molecule has 0 bridgehead atoms. The van der Waals surface area contributed by atoms with E-state index in [1.807, 2.05) is 18.2 Å². The van der Waals surface area contributed by atoms with Gasteiger partial charge in [-0.3, -0.25) is 0 Å². The van der Waals surface area contributed by atoms with E-state index in [9.17, 15) is 0 Å². The molecule has 0 aliphatic rings. The Balaban J connectivity index is 1.64. The smallest absolute Gasteiger partial charge is 0.131 e. The van der Waals surface area contributed by atoms with Gasteiger partial charge < -0.3 is 10.1 Å². The number of fused-ring (bicyclic) bond motifs is 1. The van der Waals surface area contributed by atoms with Gasteiger partial charge in [0.2, 0.25) is 0 Å². The summed E-state index contributed by atoms with van der Waals surface area (Å²) < 4.78 is 5.84. The second kappa shape index (κ2) is 6.70. The molecule has 3 nitrogen and oxygen atoms in total. The monoisotopic (exact) mass is 298 g/mol. The lowest BCUT2D eigenvalue weighted by Crippen LogP contribution is -2.11. The Kier molecular flexibility index (Phi) is 4.48. The summed E-state index contributed by atoms with van der Waals surface area (Å²) in [4.78, 5) is 4.56. The highest BCUT2D eigenvalue weighted by molar-refractivity contribution is 7.09. The molecule has 0 unspecified atom stereocenters. The topological polar surface area (TPSA) is 34.2 Å². The molecule has 0 aliphatic carbocycles. The van der Waals surface area contributed by atoms with Gasteiger partial charge in [0.15, 0.2) is 0 Å². The van der Waals surface area contributed by atoms with Crippen LogP contribution in [0.15, 0.2) is 47.8 Å². The highest BCUT2D eigenvalue weighted by atomic mass is 32.1. The van der Waals surface area contributed by atoms with E-state index in [-0.39, 0.29) is 0 Å². The summed E-state index contributed by atoms with van der Waals surface area (Å²) in [6.45, 7) is 4.40. The first-order valence-electron chi connectivity index (χ1n) is 7.11. The van der Waals surface area contributed by atoms with Crippen LogP contribution in [-0.4, -0.2) is 11.5 Å². The molecule has 1 aromatic heterocycles. The minimum Gasteiger partial charge on any atom is -0.487 e. The van der Waals surface area contributed by atoms with E-state index in [4.69, 9.17) is 4.74 Å². The van der Waals surface area contributed by atoms with E-state index in [0.29, 0.717) is 6.61 Å². The maximum atomic E-state index is 5.84. The van der Waals surface area contributed by atoms with Crippen LogP contribution in [0.2, 0.25) is 0 Å². The van der Waals surface area contributed by atoms with Gasteiger partial charge in [0.05, 0.1) is 5.69 Å². The van der Waals surface area contributed by atoms with E-state index in [1.165, 1.54) is 10.8 Å². The molecule has 0 saturated carbocycles. The summed E-state index contributed by atoms with van der Waals surface area (Å²) in [6, 6.07) is 14.5. The minimum absolute atomic E-state index is 0.515. The molecule has 0 fully saturated rings. The normalized spacial score (nSPS) is 10.9. The van der Waals surface area contributed by atoms with E-state index in [0.717, 1.165) is 29.5 Å².